The number of rotatable bonds is 2. The number of nitrogens with zero attached hydrogens (tertiary/aromatic N) is 3. The summed E-state index contributed by atoms with van der Waals surface area (Å²) in [5.41, 5.74) is -0.542. The molecular formula is C43H60N4O9. The van der Waals surface area contributed by atoms with E-state index in [1.807, 2.05) is 33.8 Å². The number of hydrogen-bond acceptors (Lipinski definition) is 12. The van der Waals surface area contributed by atoms with Crippen LogP contribution < -0.4 is 20.8 Å². The summed E-state index contributed by atoms with van der Waals surface area (Å²) < 4.78 is 17.5. The van der Waals surface area contributed by atoms with Gasteiger partial charge in [-0.05, 0) is 78.2 Å². The molecule has 306 valence electrons. The molecule has 0 unspecified atom stereocenters. The van der Waals surface area contributed by atoms with Gasteiger partial charge in [-0.15, -0.1) is 0 Å². The fraction of sp³-hybridized carbons (Fsp3) is 0.605. The van der Waals surface area contributed by atoms with Crippen molar-refractivity contribution in [2.45, 2.75) is 124 Å². The third-order valence-corrected chi connectivity index (χ3v) is 12.3. The first-order valence-corrected chi connectivity index (χ1v) is 19.8. The third-order valence-electron chi connectivity index (χ3n) is 12.3. The molecule has 1 fully saturated rings. The van der Waals surface area contributed by atoms with Gasteiger partial charge in [-0.3, -0.25) is 19.6 Å². The number of anilines is 1. The lowest BCUT2D eigenvalue weighted by atomic mass is 9.80. The predicted molar refractivity (Wildman–Crippen MR) is 213 cm³/mol. The molecule has 1 amide bonds. The minimum absolute atomic E-state index is 0.0230. The zero-order chi connectivity index (χ0) is 41.4. The summed E-state index contributed by atoms with van der Waals surface area (Å²) in [6.45, 7) is 16.4. The van der Waals surface area contributed by atoms with Crippen molar-refractivity contribution >= 4 is 34.3 Å². The number of allylic oxidation sites excluding steroid dienone is 3. The Morgan fingerprint density at radius 1 is 0.982 bits per heavy atom. The SMILES string of the molecule is COc1c(C)c(O)c2c(O)c3c4c(c2c1C(=O)OCC[C@@H](C)[C@@H](OC(C)=O)[C@H](C)[C@H](O)[C@H](C)C[C@@H](C)/C=C/C=C(/C)C(=O)N3)=N[C@@]1(CC[C@H](C)N(C)[C@H](C)C1)N=4. The maximum absolute atomic E-state index is 14.4. The van der Waals surface area contributed by atoms with E-state index >= 15 is 0 Å². The average Bonchev–Trinajstić information content (AvgIpc) is 3.47. The van der Waals surface area contributed by atoms with Gasteiger partial charge in [-0.25, -0.2) is 4.79 Å². The van der Waals surface area contributed by atoms with Gasteiger partial charge in [0, 0.05) is 47.9 Å². The van der Waals surface area contributed by atoms with Crippen molar-refractivity contribution in [2.75, 3.05) is 26.1 Å². The molecule has 56 heavy (non-hydrogen) atoms. The smallest absolute Gasteiger partial charge is 0.342 e. The number of aromatic hydroxyl groups is 2. The molecule has 4 N–H and O–H groups in total. The highest BCUT2D eigenvalue weighted by Gasteiger charge is 2.41. The number of benzene rings is 2. The Labute approximate surface area is 329 Å². The number of aliphatic hydroxyl groups excluding tert-OH is 1. The molecule has 3 aliphatic heterocycles. The number of methoxy groups -OCH3 is 1. The van der Waals surface area contributed by atoms with Gasteiger partial charge in [0.1, 0.15) is 34.2 Å². The Kier molecular flexibility index (Phi) is 12.9. The van der Waals surface area contributed by atoms with Crippen molar-refractivity contribution in [3.8, 4) is 17.2 Å². The number of ether oxygens (including phenoxy) is 3. The van der Waals surface area contributed by atoms with Gasteiger partial charge in [-0.2, -0.15) is 0 Å². The van der Waals surface area contributed by atoms with Gasteiger partial charge < -0.3 is 39.7 Å². The molecule has 0 aromatic heterocycles. The lowest BCUT2D eigenvalue weighted by Gasteiger charge is -2.34. The fourth-order valence-electron chi connectivity index (χ4n) is 8.71. The largest absolute Gasteiger partial charge is 0.507 e. The Morgan fingerprint density at radius 3 is 2.32 bits per heavy atom. The fourth-order valence-corrected chi connectivity index (χ4v) is 8.71. The van der Waals surface area contributed by atoms with Crippen LogP contribution in [0.1, 0.15) is 103 Å². The lowest BCUT2D eigenvalue weighted by Crippen LogP contribution is -2.40. The van der Waals surface area contributed by atoms with Crippen LogP contribution in [0, 0.1) is 30.6 Å². The Morgan fingerprint density at radius 2 is 1.66 bits per heavy atom. The monoisotopic (exact) mass is 776 g/mol. The number of aliphatic hydroxyl groups is 1. The van der Waals surface area contributed by atoms with Crippen molar-refractivity contribution < 1.29 is 43.9 Å². The number of cyclic esters (lactones) is 1. The maximum atomic E-state index is 14.4. The molecule has 2 aromatic carbocycles. The first kappa shape index (κ1) is 42.6. The molecule has 13 heteroatoms. The number of carbonyl (C=O) groups is 3. The zero-order valence-electron chi connectivity index (χ0n) is 34.7. The van der Waals surface area contributed by atoms with E-state index in [1.54, 1.807) is 26.0 Å². The van der Waals surface area contributed by atoms with Crippen LogP contribution >= 0.6 is 0 Å². The number of phenolic OH excluding ortho intramolecular Hbond substituents is 2. The zero-order valence-corrected chi connectivity index (χ0v) is 34.7. The number of hydrogen-bond donors (Lipinski definition) is 4. The second-order valence-electron chi connectivity index (χ2n) is 16.6. The van der Waals surface area contributed by atoms with Gasteiger partial charge in [0.15, 0.2) is 11.4 Å². The number of amides is 1. The van der Waals surface area contributed by atoms with Gasteiger partial charge in [0.05, 0.1) is 30.6 Å². The molecule has 3 aliphatic rings. The van der Waals surface area contributed by atoms with Gasteiger partial charge in [0.2, 0.25) is 0 Å². The van der Waals surface area contributed by atoms with Crippen LogP contribution in [-0.2, 0) is 19.1 Å². The van der Waals surface area contributed by atoms with E-state index in [-0.39, 0.29) is 86.2 Å². The summed E-state index contributed by atoms with van der Waals surface area (Å²) >= 11 is 0. The number of phenols is 2. The van der Waals surface area contributed by atoms with Crippen LogP contribution in [0.2, 0.25) is 0 Å². The van der Waals surface area contributed by atoms with Crippen LogP contribution in [0.3, 0.4) is 0 Å². The highest BCUT2D eigenvalue weighted by molar-refractivity contribution is 6.14. The molecule has 1 spiro atoms. The second kappa shape index (κ2) is 16.9. The molecule has 9 atom stereocenters. The van der Waals surface area contributed by atoms with E-state index in [1.165, 1.54) is 14.0 Å². The predicted octanol–water partition coefficient (Wildman–Crippen LogP) is 5.64. The molecule has 0 radical (unpaired) electrons. The van der Waals surface area contributed by atoms with Crippen LogP contribution in [0.15, 0.2) is 33.8 Å². The standard InChI is InChI=1S/C43H60N4O9/c1-21-13-12-14-23(3)41(52)44-35-34-33(45-43(46-34)17-15-25(5)47(10)26(6)20-43)30-31(38(35)51)37(50)28(8)40(54-11)32(30)42(53)55-18-16-22(2)39(56-29(9)48)27(7)36(49)24(4)19-21/h12-14,21-22,24-27,36,39,49-51H,15-20H2,1-11H3,(H,44,52)/b13-12+,23-14-/t21-,22+,24+,25-,26+,27+,36+,39+,43-/m0/s1. The average molecular weight is 777 g/mol. The minimum atomic E-state index is -0.981. The summed E-state index contributed by atoms with van der Waals surface area (Å²) in [6, 6.07) is 0.312. The summed E-state index contributed by atoms with van der Waals surface area (Å²) in [4.78, 5) is 53.2. The van der Waals surface area contributed by atoms with E-state index < -0.39 is 47.4 Å². The Balaban J connectivity index is 1.76. The maximum Gasteiger partial charge on any atom is 0.342 e. The van der Waals surface area contributed by atoms with Crippen molar-refractivity contribution in [3.63, 3.8) is 0 Å². The van der Waals surface area contributed by atoms with E-state index in [2.05, 4.69) is 31.1 Å². The van der Waals surface area contributed by atoms with Crippen molar-refractivity contribution in [1.82, 2.24) is 4.90 Å². The first-order chi connectivity index (χ1) is 26.3. The molecule has 0 saturated carbocycles. The van der Waals surface area contributed by atoms with Gasteiger partial charge in [0.25, 0.3) is 5.91 Å². The molecule has 0 aliphatic carbocycles. The molecule has 2 bridgehead atoms. The second-order valence-corrected chi connectivity index (χ2v) is 16.6. The number of likely N-dealkylation sites (tertiary alicyclic amines) is 1. The van der Waals surface area contributed by atoms with Crippen LogP contribution in [0.4, 0.5) is 5.69 Å². The minimum Gasteiger partial charge on any atom is -0.507 e. The quantitative estimate of drug-likeness (QED) is 0.220. The summed E-state index contributed by atoms with van der Waals surface area (Å²) in [6.07, 6.45) is 6.75. The van der Waals surface area contributed by atoms with Crippen molar-refractivity contribution in [1.29, 1.82) is 0 Å². The van der Waals surface area contributed by atoms with E-state index in [0.29, 0.717) is 31.3 Å². The number of nitrogens with one attached hydrogen (secondary N) is 1. The van der Waals surface area contributed by atoms with Crippen LogP contribution in [0.25, 0.3) is 10.8 Å². The Hall–Kier alpha value is -4.49. The van der Waals surface area contributed by atoms with Gasteiger partial charge in [-0.1, -0.05) is 45.9 Å². The number of esters is 2. The lowest BCUT2D eigenvalue weighted by molar-refractivity contribution is -0.156. The molecule has 2 aromatic rings. The summed E-state index contributed by atoms with van der Waals surface area (Å²) in [5.74, 6) is -3.40. The van der Waals surface area contributed by atoms with E-state index in [9.17, 15) is 29.7 Å². The highest BCUT2D eigenvalue weighted by Crippen LogP contribution is 2.45. The molecule has 3 heterocycles. The van der Waals surface area contributed by atoms with E-state index in [0.717, 1.165) is 6.42 Å². The van der Waals surface area contributed by atoms with Crippen LogP contribution in [0.5, 0.6) is 17.2 Å². The van der Waals surface area contributed by atoms with Crippen molar-refractivity contribution in [2.24, 2.45) is 33.7 Å². The molecule has 1 saturated heterocycles. The third kappa shape index (κ3) is 8.30. The number of carbonyl (C=O) groups excluding carboxylic acids is 3. The first-order valence-electron chi connectivity index (χ1n) is 19.8. The molecule has 5 rings (SSSR count). The van der Waals surface area contributed by atoms with E-state index in [4.69, 9.17) is 24.2 Å². The van der Waals surface area contributed by atoms with Crippen molar-refractivity contribution in [3.05, 3.63) is 45.6 Å². The molecule has 13 nitrogen and oxygen atoms in total. The topological polar surface area (TPSA) is 180 Å². The van der Waals surface area contributed by atoms with Crippen LogP contribution in [-0.4, -0.2) is 88.8 Å². The Bertz CT molecular complexity index is 2060. The van der Waals surface area contributed by atoms with Gasteiger partial charge >= 0.3 is 11.9 Å². The molecular weight excluding hydrogens is 716 g/mol. The highest BCUT2D eigenvalue weighted by atomic mass is 16.5. The summed E-state index contributed by atoms with van der Waals surface area (Å²) in [5, 5.41) is 38.6. The normalized spacial score (nSPS) is 32.5. The summed E-state index contributed by atoms with van der Waals surface area (Å²) in [7, 11) is 3.45.